The molecule has 4 rings (SSSR count). The molecule has 3 heterocycles. The van der Waals surface area contributed by atoms with Crippen molar-refractivity contribution in [3.63, 3.8) is 0 Å². The Kier molecular flexibility index (Phi) is 4.28. The second-order valence-electron chi connectivity index (χ2n) is 6.47. The van der Waals surface area contributed by atoms with E-state index in [0.717, 1.165) is 11.0 Å². The molecule has 0 saturated heterocycles. The Morgan fingerprint density at radius 3 is 2.62 bits per heavy atom. The number of fused-ring (bicyclic) bond motifs is 3. The van der Waals surface area contributed by atoms with Gasteiger partial charge in [0.15, 0.2) is 29.3 Å². The van der Waals surface area contributed by atoms with Gasteiger partial charge in [0.2, 0.25) is 5.82 Å². The van der Waals surface area contributed by atoms with Crippen molar-refractivity contribution in [2.75, 3.05) is 13.2 Å². The molecule has 0 saturated carbocycles. The first-order valence-corrected chi connectivity index (χ1v) is 8.10. The predicted molar refractivity (Wildman–Crippen MR) is 81.9 cm³/mol. The zero-order valence-corrected chi connectivity index (χ0v) is 14.1. The molecule has 0 unspecified atom stereocenters. The lowest BCUT2D eigenvalue weighted by Gasteiger charge is -2.36. The van der Waals surface area contributed by atoms with Crippen LogP contribution in [0.15, 0.2) is 40.7 Å². The molecule has 29 heavy (non-hydrogen) atoms. The van der Waals surface area contributed by atoms with E-state index in [2.05, 4.69) is 9.73 Å². The van der Waals surface area contributed by atoms with Crippen molar-refractivity contribution >= 4 is 5.84 Å². The fourth-order valence-corrected chi connectivity index (χ4v) is 3.47. The van der Waals surface area contributed by atoms with Gasteiger partial charge in [-0.1, -0.05) is 0 Å². The van der Waals surface area contributed by atoms with Gasteiger partial charge in [-0.05, 0) is 18.2 Å². The van der Waals surface area contributed by atoms with Gasteiger partial charge in [0, 0.05) is 11.8 Å². The van der Waals surface area contributed by atoms with Gasteiger partial charge in [0.25, 0.3) is 0 Å². The van der Waals surface area contributed by atoms with Crippen LogP contribution in [0.5, 0.6) is 5.75 Å². The summed E-state index contributed by atoms with van der Waals surface area (Å²) in [7, 11) is 0. The summed E-state index contributed by atoms with van der Waals surface area (Å²) in [6.07, 6.45) is -6.00. The van der Waals surface area contributed by atoms with E-state index in [1.807, 2.05) is 0 Å². The smallest absolute Gasteiger partial charge is 0.417 e. The van der Waals surface area contributed by atoms with Crippen LogP contribution in [0.4, 0.5) is 35.1 Å². The molecule has 0 aliphatic carbocycles. The van der Waals surface area contributed by atoms with Crippen LogP contribution < -0.4 is 4.74 Å². The van der Waals surface area contributed by atoms with Crippen LogP contribution in [0.2, 0.25) is 0 Å². The Balaban J connectivity index is 1.87. The second kappa shape index (κ2) is 6.36. The molecule has 3 aliphatic rings. The van der Waals surface area contributed by atoms with Gasteiger partial charge in [-0.15, -0.1) is 0 Å². The Labute approximate surface area is 157 Å². The summed E-state index contributed by atoms with van der Waals surface area (Å²) in [5.74, 6) is -4.73. The first-order valence-electron chi connectivity index (χ1n) is 8.10. The normalized spacial score (nSPS) is 25.9. The third kappa shape index (κ3) is 3.01. The van der Waals surface area contributed by atoms with Crippen LogP contribution in [0.25, 0.3) is 0 Å². The fraction of sp³-hybridized carbons (Fsp3) is 0.353. The lowest BCUT2D eigenvalue weighted by atomic mass is 9.83. The van der Waals surface area contributed by atoms with Gasteiger partial charge in [0.05, 0.1) is 12.1 Å². The van der Waals surface area contributed by atoms with Crippen molar-refractivity contribution in [1.82, 2.24) is 4.90 Å². The molecule has 0 amide bonds. The van der Waals surface area contributed by atoms with Crippen molar-refractivity contribution in [2.24, 2.45) is 4.99 Å². The van der Waals surface area contributed by atoms with Gasteiger partial charge in [-0.3, -0.25) is 0 Å². The molecule has 0 radical (unpaired) electrons. The zero-order valence-electron chi connectivity index (χ0n) is 14.1. The largest absolute Gasteiger partial charge is 0.487 e. The lowest BCUT2D eigenvalue weighted by Crippen LogP contribution is -2.46. The van der Waals surface area contributed by atoms with Gasteiger partial charge in [-0.2, -0.15) is 26.3 Å². The van der Waals surface area contributed by atoms with Crippen LogP contribution >= 0.6 is 0 Å². The minimum atomic E-state index is -4.91. The molecule has 0 aromatic heterocycles. The number of nitrogens with zero attached hydrogens (tertiary/aromatic N) is 2. The second-order valence-corrected chi connectivity index (χ2v) is 6.47. The van der Waals surface area contributed by atoms with Crippen LogP contribution in [0.3, 0.4) is 0 Å². The standard InChI is InChI=1S/C17H10F8N2O2/c18-9-2-1-8-13(12(9)20)28-5-11(19)16(8)6-27-4-7(17(23,24)25)3-10(14(27)26-16)29-15(21)22/h1-4,11,15H,5-6H2/t11-,16+/m0/s1. The quantitative estimate of drug-likeness (QED) is 0.666. The fourth-order valence-electron chi connectivity index (χ4n) is 3.47. The van der Waals surface area contributed by atoms with Crippen molar-refractivity contribution < 1.29 is 44.6 Å². The SMILES string of the molecule is Fc1ccc2c(c1F)OC[C@H](F)[C@@]21CN2C=C(C(F)(F)F)C=C(OC(F)F)C2=N1. The van der Waals surface area contributed by atoms with E-state index in [-0.39, 0.29) is 5.56 Å². The number of rotatable bonds is 2. The third-order valence-corrected chi connectivity index (χ3v) is 4.74. The molecule has 3 aliphatic heterocycles. The average molecular weight is 426 g/mol. The number of halogens is 8. The molecule has 1 spiro atoms. The van der Waals surface area contributed by atoms with Gasteiger partial charge >= 0.3 is 12.8 Å². The lowest BCUT2D eigenvalue weighted by molar-refractivity contribution is -0.0981. The van der Waals surface area contributed by atoms with Gasteiger partial charge in [-0.25, -0.2) is 13.8 Å². The van der Waals surface area contributed by atoms with E-state index < -0.39 is 72.2 Å². The Bertz CT molecular complexity index is 955. The Morgan fingerprint density at radius 2 is 1.97 bits per heavy atom. The van der Waals surface area contributed by atoms with Crippen molar-refractivity contribution in [1.29, 1.82) is 0 Å². The number of alkyl halides is 6. The molecule has 2 atom stereocenters. The first-order chi connectivity index (χ1) is 13.5. The highest BCUT2D eigenvalue weighted by molar-refractivity contribution is 6.00. The molecule has 0 N–H and O–H groups in total. The molecular formula is C17H10F8N2O2. The van der Waals surface area contributed by atoms with E-state index >= 15 is 0 Å². The summed E-state index contributed by atoms with van der Waals surface area (Å²) in [6, 6.07) is 1.69. The van der Waals surface area contributed by atoms with Crippen molar-refractivity contribution in [3.05, 3.63) is 52.9 Å². The van der Waals surface area contributed by atoms with E-state index in [1.165, 1.54) is 0 Å². The Morgan fingerprint density at radius 1 is 1.24 bits per heavy atom. The van der Waals surface area contributed by atoms with E-state index in [1.54, 1.807) is 0 Å². The number of ether oxygens (including phenoxy) is 2. The summed E-state index contributed by atoms with van der Waals surface area (Å²) in [6.45, 7) is -4.82. The number of hydrogen-bond acceptors (Lipinski definition) is 4. The zero-order chi connectivity index (χ0) is 21.1. The minimum Gasteiger partial charge on any atom is -0.487 e. The van der Waals surface area contributed by atoms with Crippen molar-refractivity contribution in [2.45, 2.75) is 24.5 Å². The Hall–Kier alpha value is -2.79. The molecule has 0 fully saturated rings. The highest BCUT2D eigenvalue weighted by Gasteiger charge is 2.54. The number of benzene rings is 1. The van der Waals surface area contributed by atoms with Crippen LogP contribution in [0.1, 0.15) is 5.56 Å². The van der Waals surface area contributed by atoms with E-state index in [0.29, 0.717) is 18.3 Å². The van der Waals surface area contributed by atoms with Crippen LogP contribution in [-0.2, 0) is 10.3 Å². The van der Waals surface area contributed by atoms with Crippen LogP contribution in [-0.4, -0.2) is 42.8 Å². The molecule has 0 bridgehead atoms. The minimum absolute atomic E-state index is 0.254. The molecule has 1 aromatic carbocycles. The number of hydrogen-bond donors (Lipinski definition) is 0. The number of amidine groups is 1. The molecule has 1 aromatic rings. The molecule has 4 nitrogen and oxygen atoms in total. The first kappa shape index (κ1) is 19.5. The highest BCUT2D eigenvalue weighted by Crippen LogP contribution is 2.48. The highest BCUT2D eigenvalue weighted by atomic mass is 19.4. The predicted octanol–water partition coefficient (Wildman–Crippen LogP) is 4.19. The summed E-state index contributed by atoms with van der Waals surface area (Å²) in [5.41, 5.74) is -3.58. The van der Waals surface area contributed by atoms with Gasteiger partial charge < -0.3 is 14.4 Å². The average Bonchev–Trinajstić information content (AvgIpc) is 3.01. The summed E-state index contributed by atoms with van der Waals surface area (Å²) in [5, 5.41) is 0. The summed E-state index contributed by atoms with van der Waals surface area (Å²) < 4.78 is 116. The van der Waals surface area contributed by atoms with Crippen molar-refractivity contribution in [3.8, 4) is 5.75 Å². The maximum Gasteiger partial charge on any atom is 0.417 e. The topological polar surface area (TPSA) is 34.1 Å². The molecular weight excluding hydrogens is 416 g/mol. The molecule has 156 valence electrons. The van der Waals surface area contributed by atoms with E-state index in [9.17, 15) is 35.1 Å². The summed E-state index contributed by atoms with van der Waals surface area (Å²) in [4.78, 5) is 4.80. The van der Waals surface area contributed by atoms with Crippen LogP contribution in [0, 0.1) is 11.6 Å². The maximum atomic E-state index is 14.9. The summed E-state index contributed by atoms with van der Waals surface area (Å²) >= 11 is 0. The van der Waals surface area contributed by atoms with Gasteiger partial charge in [0.1, 0.15) is 12.1 Å². The number of aliphatic imine (C=N–C) groups is 1. The molecule has 12 heteroatoms. The van der Waals surface area contributed by atoms with E-state index in [4.69, 9.17) is 4.74 Å². The third-order valence-electron chi connectivity index (χ3n) is 4.74. The monoisotopic (exact) mass is 426 g/mol. The maximum absolute atomic E-state index is 14.9. The number of allylic oxidation sites excluding steroid dienone is 2.